The molecular formula is C12H16N4O2S. The maximum atomic E-state index is 11.5. The number of hydrogen-bond donors (Lipinski definition) is 4. The minimum Gasteiger partial charge on any atom is -0.362 e. The van der Waals surface area contributed by atoms with Crippen molar-refractivity contribution in [3.63, 3.8) is 0 Å². The van der Waals surface area contributed by atoms with Crippen molar-refractivity contribution in [3.8, 4) is 0 Å². The van der Waals surface area contributed by atoms with E-state index in [1.54, 1.807) is 12.1 Å². The highest BCUT2D eigenvalue weighted by molar-refractivity contribution is 7.80. The zero-order valence-corrected chi connectivity index (χ0v) is 11.6. The molecule has 0 atom stereocenters. The number of aryl methyl sites for hydroxylation is 1. The number of nitrogens with one attached hydrogen (secondary N) is 4. The van der Waals surface area contributed by atoms with E-state index >= 15 is 0 Å². The van der Waals surface area contributed by atoms with Crippen molar-refractivity contribution < 1.29 is 9.59 Å². The number of thiocarbonyl (C=S) groups is 1. The molecule has 1 rings (SSSR count). The Kier molecular flexibility index (Phi) is 5.74. The Bertz CT molecular complexity index is 473. The smallest absolute Gasteiger partial charge is 0.328 e. The molecule has 0 aliphatic carbocycles. The highest BCUT2D eigenvalue weighted by Gasteiger charge is 2.13. The van der Waals surface area contributed by atoms with Crippen LogP contribution in [-0.4, -0.2) is 23.5 Å². The number of amides is 2. The van der Waals surface area contributed by atoms with Crippen LogP contribution in [0.15, 0.2) is 24.3 Å². The predicted molar refractivity (Wildman–Crippen MR) is 77.4 cm³/mol. The molecule has 0 saturated carbocycles. The Morgan fingerprint density at radius 2 is 1.74 bits per heavy atom. The molecule has 7 heteroatoms. The van der Waals surface area contributed by atoms with Crippen LogP contribution in [0, 0.1) is 6.92 Å². The molecule has 0 radical (unpaired) electrons. The van der Waals surface area contributed by atoms with Gasteiger partial charge in [0.15, 0.2) is 5.11 Å². The predicted octanol–water partition coefficient (Wildman–Crippen LogP) is 0.449. The van der Waals surface area contributed by atoms with E-state index in [4.69, 9.17) is 12.2 Å². The van der Waals surface area contributed by atoms with Gasteiger partial charge in [0.25, 0.3) is 0 Å². The number of hydrazine groups is 1. The van der Waals surface area contributed by atoms with Crippen LogP contribution in [0.1, 0.15) is 12.5 Å². The molecule has 0 aromatic heterocycles. The topological polar surface area (TPSA) is 82.3 Å². The maximum Gasteiger partial charge on any atom is 0.328 e. The SMILES string of the molecule is CCNC(=S)NNC(=O)C(=O)Nc1ccc(C)cc1. The van der Waals surface area contributed by atoms with Crippen molar-refractivity contribution in [2.75, 3.05) is 11.9 Å². The van der Waals surface area contributed by atoms with Crippen LogP contribution in [0.25, 0.3) is 0 Å². The van der Waals surface area contributed by atoms with E-state index in [1.807, 2.05) is 26.0 Å². The summed E-state index contributed by atoms with van der Waals surface area (Å²) in [4.78, 5) is 23.0. The summed E-state index contributed by atoms with van der Waals surface area (Å²) in [5.74, 6) is -1.59. The van der Waals surface area contributed by atoms with E-state index in [1.165, 1.54) is 0 Å². The lowest BCUT2D eigenvalue weighted by Crippen LogP contribution is -2.50. The lowest BCUT2D eigenvalue weighted by molar-refractivity contribution is -0.136. The van der Waals surface area contributed by atoms with Crippen LogP contribution in [-0.2, 0) is 9.59 Å². The van der Waals surface area contributed by atoms with Crippen molar-refractivity contribution in [1.29, 1.82) is 0 Å². The summed E-state index contributed by atoms with van der Waals surface area (Å²) in [5.41, 5.74) is 6.24. The summed E-state index contributed by atoms with van der Waals surface area (Å²) in [6.07, 6.45) is 0. The first kappa shape index (κ1) is 14.9. The normalized spacial score (nSPS) is 9.37. The van der Waals surface area contributed by atoms with E-state index in [2.05, 4.69) is 21.5 Å². The van der Waals surface area contributed by atoms with Crippen LogP contribution >= 0.6 is 12.2 Å². The van der Waals surface area contributed by atoms with E-state index in [0.29, 0.717) is 12.2 Å². The second-order valence-corrected chi connectivity index (χ2v) is 4.17. The molecule has 0 saturated heterocycles. The zero-order chi connectivity index (χ0) is 14.3. The molecule has 0 bridgehead atoms. The fourth-order valence-electron chi connectivity index (χ4n) is 1.20. The van der Waals surface area contributed by atoms with Gasteiger partial charge >= 0.3 is 11.8 Å². The van der Waals surface area contributed by atoms with Crippen molar-refractivity contribution in [1.82, 2.24) is 16.2 Å². The number of rotatable bonds is 2. The second-order valence-electron chi connectivity index (χ2n) is 3.76. The second kappa shape index (κ2) is 7.32. The van der Waals surface area contributed by atoms with Gasteiger partial charge in [0.05, 0.1) is 0 Å². The van der Waals surface area contributed by atoms with E-state index in [0.717, 1.165) is 5.56 Å². The molecule has 1 aromatic rings. The molecule has 19 heavy (non-hydrogen) atoms. The molecule has 0 fully saturated rings. The number of carbonyl (C=O) groups excluding carboxylic acids is 2. The lowest BCUT2D eigenvalue weighted by Gasteiger charge is -2.10. The maximum absolute atomic E-state index is 11.5. The third-order valence-electron chi connectivity index (χ3n) is 2.14. The van der Waals surface area contributed by atoms with Gasteiger partial charge < -0.3 is 10.6 Å². The molecule has 0 aliphatic heterocycles. The number of carbonyl (C=O) groups is 2. The van der Waals surface area contributed by atoms with Crippen LogP contribution in [0.5, 0.6) is 0 Å². The lowest BCUT2D eigenvalue weighted by atomic mass is 10.2. The summed E-state index contributed by atoms with van der Waals surface area (Å²) in [7, 11) is 0. The van der Waals surface area contributed by atoms with Crippen LogP contribution in [0.3, 0.4) is 0 Å². The molecule has 6 nitrogen and oxygen atoms in total. The van der Waals surface area contributed by atoms with E-state index in [-0.39, 0.29) is 5.11 Å². The van der Waals surface area contributed by atoms with Gasteiger partial charge in [-0.05, 0) is 38.2 Å². The van der Waals surface area contributed by atoms with Crippen LogP contribution in [0.4, 0.5) is 5.69 Å². The first-order valence-electron chi connectivity index (χ1n) is 5.74. The largest absolute Gasteiger partial charge is 0.362 e. The van der Waals surface area contributed by atoms with Gasteiger partial charge in [-0.15, -0.1) is 0 Å². The van der Waals surface area contributed by atoms with E-state index in [9.17, 15) is 9.59 Å². The third-order valence-corrected chi connectivity index (χ3v) is 2.39. The first-order valence-corrected chi connectivity index (χ1v) is 6.15. The molecule has 0 heterocycles. The minimum absolute atomic E-state index is 0.249. The molecular weight excluding hydrogens is 264 g/mol. The average molecular weight is 280 g/mol. The van der Waals surface area contributed by atoms with Gasteiger partial charge in [0, 0.05) is 12.2 Å². The number of hydrogen-bond acceptors (Lipinski definition) is 3. The molecule has 0 unspecified atom stereocenters. The van der Waals surface area contributed by atoms with Crippen molar-refractivity contribution >= 4 is 34.8 Å². The van der Waals surface area contributed by atoms with Gasteiger partial charge in [-0.3, -0.25) is 20.4 Å². The minimum atomic E-state index is -0.819. The van der Waals surface area contributed by atoms with Gasteiger partial charge in [-0.25, -0.2) is 0 Å². The van der Waals surface area contributed by atoms with Crippen LogP contribution < -0.4 is 21.5 Å². The molecule has 0 spiro atoms. The zero-order valence-electron chi connectivity index (χ0n) is 10.7. The monoisotopic (exact) mass is 280 g/mol. The van der Waals surface area contributed by atoms with Crippen molar-refractivity contribution in [3.05, 3.63) is 29.8 Å². The fourth-order valence-corrected chi connectivity index (χ4v) is 1.40. The standard InChI is InChI=1S/C12H16N4O2S/c1-3-13-12(19)16-15-11(18)10(17)14-9-6-4-8(2)5-7-9/h4-7H,3H2,1-2H3,(H,14,17)(H,15,18)(H2,13,16,19). The molecule has 102 valence electrons. The van der Waals surface area contributed by atoms with Gasteiger partial charge in [-0.2, -0.15) is 0 Å². The van der Waals surface area contributed by atoms with Crippen molar-refractivity contribution in [2.24, 2.45) is 0 Å². The molecule has 0 aliphatic rings. The Hall–Kier alpha value is -2.15. The molecule has 1 aromatic carbocycles. The highest BCUT2D eigenvalue weighted by Crippen LogP contribution is 2.07. The fraction of sp³-hybridized carbons (Fsp3) is 0.250. The van der Waals surface area contributed by atoms with Crippen LogP contribution in [0.2, 0.25) is 0 Å². The average Bonchev–Trinajstić information content (AvgIpc) is 2.39. The number of benzene rings is 1. The Morgan fingerprint density at radius 3 is 2.32 bits per heavy atom. The number of anilines is 1. The Balaban J connectivity index is 2.42. The highest BCUT2D eigenvalue weighted by atomic mass is 32.1. The van der Waals surface area contributed by atoms with Crippen molar-refractivity contribution in [2.45, 2.75) is 13.8 Å². The summed E-state index contributed by atoms with van der Waals surface area (Å²) < 4.78 is 0. The third kappa shape index (κ3) is 5.35. The van der Waals surface area contributed by atoms with Gasteiger partial charge in [-0.1, -0.05) is 17.7 Å². The van der Waals surface area contributed by atoms with E-state index < -0.39 is 11.8 Å². The Morgan fingerprint density at radius 1 is 1.11 bits per heavy atom. The summed E-state index contributed by atoms with van der Waals surface area (Å²) >= 11 is 4.83. The van der Waals surface area contributed by atoms with Gasteiger partial charge in [0.2, 0.25) is 0 Å². The van der Waals surface area contributed by atoms with Gasteiger partial charge in [0.1, 0.15) is 0 Å². The first-order chi connectivity index (χ1) is 9.02. The summed E-state index contributed by atoms with van der Waals surface area (Å²) in [6, 6.07) is 7.12. The Labute approximate surface area is 116 Å². The summed E-state index contributed by atoms with van der Waals surface area (Å²) in [5, 5.41) is 5.49. The summed E-state index contributed by atoms with van der Waals surface area (Å²) in [6.45, 7) is 4.42. The quantitative estimate of drug-likeness (QED) is 0.359. The molecule has 4 N–H and O–H groups in total. The molecule has 2 amide bonds.